The maximum Gasteiger partial charge on any atom is 0.266 e. The molecule has 7 heteroatoms. The number of hydrogen-bond acceptors (Lipinski definition) is 5. The summed E-state index contributed by atoms with van der Waals surface area (Å²) in [6.45, 7) is 6.46. The van der Waals surface area contributed by atoms with Gasteiger partial charge in [-0.05, 0) is 68.8 Å². The lowest BCUT2D eigenvalue weighted by atomic mass is 10.1. The lowest BCUT2D eigenvalue weighted by Crippen LogP contribution is -2.23. The Morgan fingerprint density at radius 1 is 1.06 bits per heavy atom. The number of carbonyl (C=O) groups is 1. The van der Waals surface area contributed by atoms with Gasteiger partial charge in [0.05, 0.1) is 29.0 Å². The number of amides is 1. The quantitative estimate of drug-likeness (QED) is 0.306. The SMILES string of the molecule is CCOc1ccc(-n2c(SCC(=O)Nc3ccc(C)cc3C)nc3ccccc3c2=O)cc1. The molecule has 3 aromatic carbocycles. The summed E-state index contributed by atoms with van der Waals surface area (Å²) in [4.78, 5) is 30.7. The summed E-state index contributed by atoms with van der Waals surface area (Å²) in [5, 5.41) is 3.93. The van der Waals surface area contributed by atoms with Gasteiger partial charge in [-0.3, -0.25) is 14.2 Å². The highest BCUT2D eigenvalue weighted by Crippen LogP contribution is 2.24. The number of carbonyl (C=O) groups excluding carboxylic acids is 1. The van der Waals surface area contributed by atoms with Crippen LogP contribution in [0.25, 0.3) is 16.6 Å². The highest BCUT2D eigenvalue weighted by Gasteiger charge is 2.15. The Morgan fingerprint density at radius 2 is 1.82 bits per heavy atom. The summed E-state index contributed by atoms with van der Waals surface area (Å²) in [6.07, 6.45) is 0. The Hall–Kier alpha value is -3.58. The van der Waals surface area contributed by atoms with Gasteiger partial charge in [-0.2, -0.15) is 0 Å². The number of aryl methyl sites for hydroxylation is 2. The third-order valence-electron chi connectivity index (χ3n) is 5.14. The highest BCUT2D eigenvalue weighted by atomic mass is 32.2. The lowest BCUT2D eigenvalue weighted by molar-refractivity contribution is -0.113. The van der Waals surface area contributed by atoms with Gasteiger partial charge in [0, 0.05) is 5.69 Å². The van der Waals surface area contributed by atoms with E-state index in [1.165, 1.54) is 11.8 Å². The molecule has 33 heavy (non-hydrogen) atoms. The molecule has 0 fully saturated rings. The summed E-state index contributed by atoms with van der Waals surface area (Å²) >= 11 is 1.23. The molecule has 0 bridgehead atoms. The van der Waals surface area contributed by atoms with Crippen molar-refractivity contribution in [2.45, 2.75) is 25.9 Å². The molecule has 0 saturated heterocycles. The fourth-order valence-electron chi connectivity index (χ4n) is 3.57. The number of ether oxygens (including phenoxy) is 1. The number of para-hydroxylation sites is 1. The van der Waals surface area contributed by atoms with E-state index < -0.39 is 0 Å². The van der Waals surface area contributed by atoms with Gasteiger partial charge < -0.3 is 10.1 Å². The first-order chi connectivity index (χ1) is 16.0. The molecule has 0 saturated carbocycles. The molecule has 6 nitrogen and oxygen atoms in total. The van der Waals surface area contributed by atoms with Crippen LogP contribution in [0, 0.1) is 13.8 Å². The molecule has 0 aliphatic heterocycles. The third kappa shape index (κ3) is 5.09. The van der Waals surface area contributed by atoms with Gasteiger partial charge in [-0.15, -0.1) is 0 Å². The largest absolute Gasteiger partial charge is 0.494 e. The molecule has 4 rings (SSSR count). The summed E-state index contributed by atoms with van der Waals surface area (Å²) in [7, 11) is 0. The van der Waals surface area contributed by atoms with Crippen LogP contribution >= 0.6 is 11.8 Å². The lowest BCUT2D eigenvalue weighted by Gasteiger charge is -2.14. The van der Waals surface area contributed by atoms with Crippen molar-refractivity contribution in [3.63, 3.8) is 0 Å². The maximum atomic E-state index is 13.4. The van der Waals surface area contributed by atoms with E-state index >= 15 is 0 Å². The molecule has 0 unspecified atom stereocenters. The van der Waals surface area contributed by atoms with Crippen molar-refractivity contribution in [3.05, 3.63) is 88.2 Å². The van der Waals surface area contributed by atoms with E-state index in [-0.39, 0.29) is 17.2 Å². The molecule has 0 aliphatic rings. The predicted octanol–water partition coefficient (Wildman–Crippen LogP) is 5.13. The van der Waals surface area contributed by atoms with Gasteiger partial charge >= 0.3 is 0 Å². The summed E-state index contributed by atoms with van der Waals surface area (Å²) < 4.78 is 7.07. The first-order valence-corrected chi connectivity index (χ1v) is 11.7. The summed E-state index contributed by atoms with van der Waals surface area (Å²) in [5.74, 6) is 0.687. The second-order valence-corrected chi connectivity index (χ2v) is 8.58. The number of hydrogen-bond donors (Lipinski definition) is 1. The van der Waals surface area contributed by atoms with E-state index in [0.29, 0.717) is 28.4 Å². The molecule has 1 heterocycles. The van der Waals surface area contributed by atoms with Crippen molar-refractivity contribution in [2.24, 2.45) is 0 Å². The number of fused-ring (bicyclic) bond motifs is 1. The number of thioether (sulfide) groups is 1. The van der Waals surface area contributed by atoms with Crippen LogP contribution < -0.4 is 15.6 Å². The normalized spacial score (nSPS) is 10.9. The molecule has 4 aromatic rings. The number of anilines is 1. The Labute approximate surface area is 196 Å². The minimum absolute atomic E-state index is 0.120. The van der Waals surface area contributed by atoms with Crippen molar-refractivity contribution in [1.29, 1.82) is 0 Å². The van der Waals surface area contributed by atoms with E-state index in [1.807, 2.05) is 75.4 Å². The van der Waals surface area contributed by atoms with Gasteiger partial charge in [0.15, 0.2) is 5.16 Å². The fraction of sp³-hybridized carbons (Fsp3) is 0.192. The summed E-state index contributed by atoms with van der Waals surface area (Å²) in [6, 6.07) is 20.4. The van der Waals surface area contributed by atoms with Gasteiger partial charge in [-0.1, -0.05) is 41.6 Å². The molecule has 0 radical (unpaired) electrons. The van der Waals surface area contributed by atoms with Crippen molar-refractivity contribution in [1.82, 2.24) is 9.55 Å². The van der Waals surface area contributed by atoms with E-state index in [9.17, 15) is 9.59 Å². The van der Waals surface area contributed by atoms with Crippen molar-refractivity contribution >= 4 is 34.3 Å². The number of nitrogens with zero attached hydrogens (tertiary/aromatic N) is 2. The Bertz CT molecular complexity index is 1360. The molecule has 0 aliphatic carbocycles. The standard InChI is InChI=1S/C26H25N3O3S/c1-4-32-20-12-10-19(11-13-20)29-25(31)21-7-5-6-8-23(21)28-26(29)33-16-24(30)27-22-14-9-17(2)15-18(22)3/h5-15H,4,16H2,1-3H3,(H,27,30). The molecule has 1 amide bonds. The highest BCUT2D eigenvalue weighted by molar-refractivity contribution is 7.99. The second-order valence-electron chi connectivity index (χ2n) is 7.63. The zero-order chi connectivity index (χ0) is 23.4. The van der Waals surface area contributed by atoms with Crippen LogP contribution in [0.1, 0.15) is 18.1 Å². The van der Waals surface area contributed by atoms with Gasteiger partial charge in [-0.25, -0.2) is 4.98 Å². The van der Waals surface area contributed by atoms with Crippen molar-refractivity contribution in [2.75, 3.05) is 17.7 Å². The van der Waals surface area contributed by atoms with E-state index in [1.54, 1.807) is 16.7 Å². The van der Waals surface area contributed by atoms with Crippen LogP contribution in [0.5, 0.6) is 5.75 Å². The molecule has 1 N–H and O–H groups in total. The molecule has 1 aromatic heterocycles. The number of nitrogens with one attached hydrogen (secondary N) is 1. The van der Waals surface area contributed by atoms with Crippen LogP contribution in [0.3, 0.4) is 0 Å². The van der Waals surface area contributed by atoms with E-state index in [4.69, 9.17) is 9.72 Å². The first-order valence-electron chi connectivity index (χ1n) is 10.7. The fourth-order valence-corrected chi connectivity index (χ4v) is 4.38. The third-order valence-corrected chi connectivity index (χ3v) is 6.08. The Kier molecular flexibility index (Phi) is 6.79. The van der Waals surface area contributed by atoms with Crippen LogP contribution in [0.2, 0.25) is 0 Å². The average molecular weight is 460 g/mol. The van der Waals surface area contributed by atoms with E-state index in [0.717, 1.165) is 22.6 Å². The van der Waals surface area contributed by atoms with Gasteiger partial charge in [0.2, 0.25) is 5.91 Å². The minimum atomic E-state index is -0.179. The van der Waals surface area contributed by atoms with E-state index in [2.05, 4.69) is 5.32 Å². The van der Waals surface area contributed by atoms with Crippen molar-refractivity contribution < 1.29 is 9.53 Å². The number of rotatable bonds is 7. The molecular weight excluding hydrogens is 434 g/mol. The van der Waals surface area contributed by atoms with Crippen LogP contribution in [0.15, 0.2) is 76.7 Å². The topological polar surface area (TPSA) is 73.2 Å². The first kappa shape index (κ1) is 22.6. The molecule has 168 valence electrons. The Morgan fingerprint density at radius 3 is 2.55 bits per heavy atom. The number of benzene rings is 3. The smallest absolute Gasteiger partial charge is 0.266 e. The number of aromatic nitrogens is 2. The molecule has 0 atom stereocenters. The summed E-state index contributed by atoms with van der Waals surface area (Å²) in [5.41, 5.74) is 4.01. The van der Waals surface area contributed by atoms with Crippen molar-refractivity contribution in [3.8, 4) is 11.4 Å². The second kappa shape index (κ2) is 9.92. The van der Waals surface area contributed by atoms with Crippen LogP contribution in [0.4, 0.5) is 5.69 Å². The molecular formula is C26H25N3O3S. The average Bonchev–Trinajstić information content (AvgIpc) is 2.81. The zero-order valence-corrected chi connectivity index (χ0v) is 19.6. The van der Waals surface area contributed by atoms with Crippen LogP contribution in [-0.2, 0) is 4.79 Å². The van der Waals surface area contributed by atoms with Gasteiger partial charge in [0.1, 0.15) is 5.75 Å². The molecule has 0 spiro atoms. The monoisotopic (exact) mass is 459 g/mol. The predicted molar refractivity (Wildman–Crippen MR) is 134 cm³/mol. The van der Waals surface area contributed by atoms with Gasteiger partial charge in [0.25, 0.3) is 5.56 Å². The Balaban J connectivity index is 1.65. The van der Waals surface area contributed by atoms with Crippen LogP contribution in [-0.4, -0.2) is 27.8 Å². The maximum absolute atomic E-state index is 13.4. The minimum Gasteiger partial charge on any atom is -0.494 e. The zero-order valence-electron chi connectivity index (χ0n) is 18.8.